The Morgan fingerprint density at radius 1 is 1.35 bits per heavy atom. The lowest BCUT2D eigenvalue weighted by Gasteiger charge is -2.18. The summed E-state index contributed by atoms with van der Waals surface area (Å²) >= 11 is 0. The molecule has 0 aliphatic carbocycles. The first-order valence-corrected chi connectivity index (χ1v) is 8.02. The molecule has 1 saturated heterocycles. The number of hydrogen-bond donors (Lipinski definition) is 1. The first kappa shape index (κ1) is 15.5. The highest BCUT2D eigenvalue weighted by Gasteiger charge is 2.22. The monoisotopic (exact) mass is 314 g/mol. The maximum absolute atomic E-state index is 12.0. The van der Waals surface area contributed by atoms with E-state index in [1.54, 1.807) is 4.68 Å². The zero-order valence-corrected chi connectivity index (χ0v) is 13.4. The number of nitrogens with zero attached hydrogens (tertiary/aromatic N) is 5. The molecule has 1 unspecified atom stereocenters. The van der Waals surface area contributed by atoms with Crippen molar-refractivity contribution in [1.29, 1.82) is 0 Å². The average molecular weight is 314 g/mol. The van der Waals surface area contributed by atoms with Gasteiger partial charge >= 0.3 is 0 Å². The molecular formula is C16H22N6O. The molecule has 1 aromatic carbocycles. The summed E-state index contributed by atoms with van der Waals surface area (Å²) in [7, 11) is 0. The number of amides is 1. The van der Waals surface area contributed by atoms with Gasteiger partial charge in [-0.3, -0.25) is 4.79 Å². The molecule has 1 atom stereocenters. The minimum absolute atomic E-state index is 0.0538. The number of rotatable bonds is 6. The van der Waals surface area contributed by atoms with Gasteiger partial charge in [0.2, 0.25) is 5.91 Å². The number of hydrogen-bond acceptors (Lipinski definition) is 5. The van der Waals surface area contributed by atoms with Crippen LogP contribution in [0.1, 0.15) is 18.7 Å². The van der Waals surface area contributed by atoms with Crippen LogP contribution in [0.5, 0.6) is 0 Å². The van der Waals surface area contributed by atoms with E-state index >= 15 is 0 Å². The van der Waals surface area contributed by atoms with Crippen molar-refractivity contribution >= 4 is 11.6 Å². The zero-order valence-electron chi connectivity index (χ0n) is 13.4. The van der Waals surface area contributed by atoms with Gasteiger partial charge in [0, 0.05) is 31.7 Å². The molecule has 1 aliphatic heterocycles. The molecule has 7 heteroatoms. The van der Waals surface area contributed by atoms with Crippen LogP contribution in [-0.4, -0.2) is 45.7 Å². The molecule has 23 heavy (non-hydrogen) atoms. The predicted molar refractivity (Wildman–Crippen MR) is 86.9 cm³/mol. The Morgan fingerprint density at radius 3 is 2.91 bits per heavy atom. The Kier molecular flexibility index (Phi) is 4.85. The fourth-order valence-corrected chi connectivity index (χ4v) is 2.88. The molecule has 122 valence electrons. The second-order valence-electron chi connectivity index (χ2n) is 5.94. The maximum Gasteiger partial charge on any atom is 0.221 e. The number of benzene rings is 1. The maximum atomic E-state index is 12.0. The molecule has 0 spiro atoms. The lowest BCUT2D eigenvalue weighted by atomic mass is 10.1. The second kappa shape index (κ2) is 7.21. The molecule has 0 saturated carbocycles. The van der Waals surface area contributed by atoms with Gasteiger partial charge in [0.1, 0.15) is 5.82 Å². The molecule has 7 nitrogen and oxygen atoms in total. The van der Waals surface area contributed by atoms with E-state index in [4.69, 9.17) is 0 Å². The molecule has 1 aliphatic rings. The summed E-state index contributed by atoms with van der Waals surface area (Å²) in [5, 5.41) is 14.2. The molecule has 1 fully saturated rings. The number of carbonyl (C=O) groups excluding carboxylic acids is 1. The Hall–Kier alpha value is -2.44. The lowest BCUT2D eigenvalue weighted by molar-refractivity contribution is -0.121. The summed E-state index contributed by atoms with van der Waals surface area (Å²) in [6.07, 6.45) is 1.52. The van der Waals surface area contributed by atoms with Crippen molar-refractivity contribution < 1.29 is 4.79 Å². The normalized spacial score (nSPS) is 17.4. The number of aromatic nitrogens is 4. The predicted octanol–water partition coefficient (Wildman–Crippen LogP) is 1.01. The van der Waals surface area contributed by atoms with E-state index in [2.05, 4.69) is 50.0 Å². The van der Waals surface area contributed by atoms with E-state index < -0.39 is 0 Å². The fraction of sp³-hybridized carbons (Fsp3) is 0.500. The van der Waals surface area contributed by atoms with Gasteiger partial charge in [0.05, 0.1) is 6.54 Å². The molecule has 2 heterocycles. The van der Waals surface area contributed by atoms with Crippen LogP contribution in [0.4, 0.5) is 5.69 Å². The van der Waals surface area contributed by atoms with E-state index in [1.165, 1.54) is 5.69 Å². The van der Waals surface area contributed by atoms with Crippen LogP contribution in [0.3, 0.4) is 0 Å². The van der Waals surface area contributed by atoms with Crippen LogP contribution in [0.2, 0.25) is 0 Å². The van der Waals surface area contributed by atoms with Gasteiger partial charge < -0.3 is 10.2 Å². The molecular weight excluding hydrogens is 292 g/mol. The molecule has 0 radical (unpaired) electrons. The summed E-state index contributed by atoms with van der Waals surface area (Å²) in [6.45, 7) is 5.13. The smallest absolute Gasteiger partial charge is 0.221 e. The highest BCUT2D eigenvalue weighted by atomic mass is 16.1. The van der Waals surface area contributed by atoms with Crippen LogP contribution >= 0.6 is 0 Å². The molecule has 1 aromatic heterocycles. The number of aryl methyl sites for hydroxylation is 2. The van der Waals surface area contributed by atoms with Crippen LogP contribution in [0.15, 0.2) is 30.3 Å². The van der Waals surface area contributed by atoms with Gasteiger partial charge in [-0.25, -0.2) is 4.68 Å². The van der Waals surface area contributed by atoms with Gasteiger partial charge in [-0.15, -0.1) is 5.10 Å². The van der Waals surface area contributed by atoms with E-state index in [9.17, 15) is 4.79 Å². The Balaban J connectivity index is 1.39. The lowest BCUT2D eigenvalue weighted by Crippen LogP contribution is -2.31. The quantitative estimate of drug-likeness (QED) is 0.861. The largest absolute Gasteiger partial charge is 0.371 e. The average Bonchev–Trinajstić information content (AvgIpc) is 3.21. The Bertz CT molecular complexity index is 641. The molecule has 1 amide bonds. The standard InChI is InChI=1S/C16H22N6O/c1-13-18-19-20-22(13)10-8-16(23)17-11-14-7-9-21(12-14)15-5-3-2-4-6-15/h2-6,14H,7-12H2,1H3,(H,17,23). The third-order valence-corrected chi connectivity index (χ3v) is 4.26. The Labute approximate surface area is 135 Å². The molecule has 1 N–H and O–H groups in total. The van der Waals surface area contributed by atoms with Crippen molar-refractivity contribution in [2.24, 2.45) is 5.92 Å². The van der Waals surface area contributed by atoms with E-state index in [-0.39, 0.29) is 5.91 Å². The summed E-state index contributed by atoms with van der Waals surface area (Å²) in [5.74, 6) is 1.29. The minimum atomic E-state index is 0.0538. The number of para-hydroxylation sites is 1. The van der Waals surface area contributed by atoms with Crippen molar-refractivity contribution in [3.05, 3.63) is 36.2 Å². The number of tetrazole rings is 1. The third kappa shape index (κ3) is 4.06. The SMILES string of the molecule is Cc1nnnn1CCC(=O)NCC1CCN(c2ccccc2)C1. The first-order chi connectivity index (χ1) is 11.2. The van der Waals surface area contributed by atoms with Crippen molar-refractivity contribution in [3.63, 3.8) is 0 Å². The molecule has 2 aromatic rings. The van der Waals surface area contributed by atoms with E-state index in [0.717, 1.165) is 31.9 Å². The van der Waals surface area contributed by atoms with Gasteiger partial charge in [-0.2, -0.15) is 0 Å². The Morgan fingerprint density at radius 2 is 2.17 bits per heavy atom. The number of anilines is 1. The van der Waals surface area contributed by atoms with Crippen molar-refractivity contribution in [2.75, 3.05) is 24.5 Å². The summed E-state index contributed by atoms with van der Waals surface area (Å²) in [6, 6.07) is 10.4. The van der Waals surface area contributed by atoms with Crippen molar-refractivity contribution in [3.8, 4) is 0 Å². The van der Waals surface area contributed by atoms with Crippen LogP contribution in [-0.2, 0) is 11.3 Å². The number of nitrogens with one attached hydrogen (secondary N) is 1. The summed E-state index contributed by atoms with van der Waals surface area (Å²) in [5.41, 5.74) is 1.26. The van der Waals surface area contributed by atoms with Crippen LogP contribution in [0.25, 0.3) is 0 Å². The van der Waals surface area contributed by atoms with Gasteiger partial charge in [-0.1, -0.05) is 18.2 Å². The number of carbonyl (C=O) groups is 1. The van der Waals surface area contributed by atoms with Gasteiger partial charge in [0.15, 0.2) is 0 Å². The summed E-state index contributed by atoms with van der Waals surface area (Å²) < 4.78 is 1.65. The highest BCUT2D eigenvalue weighted by molar-refractivity contribution is 5.75. The van der Waals surface area contributed by atoms with E-state index in [1.807, 2.05) is 13.0 Å². The highest BCUT2D eigenvalue weighted by Crippen LogP contribution is 2.22. The first-order valence-electron chi connectivity index (χ1n) is 8.02. The third-order valence-electron chi connectivity index (χ3n) is 4.26. The second-order valence-corrected chi connectivity index (χ2v) is 5.94. The zero-order chi connectivity index (χ0) is 16.1. The fourth-order valence-electron chi connectivity index (χ4n) is 2.88. The van der Waals surface area contributed by atoms with Crippen LogP contribution in [0, 0.1) is 12.8 Å². The van der Waals surface area contributed by atoms with Gasteiger partial charge in [0.25, 0.3) is 0 Å². The van der Waals surface area contributed by atoms with E-state index in [0.29, 0.717) is 18.9 Å². The molecule has 0 bridgehead atoms. The van der Waals surface area contributed by atoms with Crippen LogP contribution < -0.4 is 10.2 Å². The van der Waals surface area contributed by atoms with Crippen molar-refractivity contribution in [1.82, 2.24) is 25.5 Å². The van der Waals surface area contributed by atoms with Gasteiger partial charge in [-0.05, 0) is 41.8 Å². The molecule has 3 rings (SSSR count). The summed E-state index contributed by atoms with van der Waals surface area (Å²) in [4.78, 5) is 14.3. The van der Waals surface area contributed by atoms with Crippen molar-refractivity contribution in [2.45, 2.75) is 26.3 Å². The minimum Gasteiger partial charge on any atom is -0.371 e. The topological polar surface area (TPSA) is 75.9 Å².